The first-order valence-electron chi connectivity index (χ1n) is 10.0. The topological polar surface area (TPSA) is 48.9 Å². The van der Waals surface area contributed by atoms with Gasteiger partial charge in [0.25, 0.3) is 0 Å². The van der Waals surface area contributed by atoms with Crippen molar-refractivity contribution in [2.45, 2.75) is 31.7 Å². The van der Waals surface area contributed by atoms with Gasteiger partial charge in [0.15, 0.2) is 5.96 Å². The molecule has 2 aliphatic rings. The fourth-order valence-corrected chi connectivity index (χ4v) is 5.43. The molecule has 2 atom stereocenters. The van der Waals surface area contributed by atoms with E-state index in [9.17, 15) is 0 Å². The van der Waals surface area contributed by atoms with E-state index in [1.165, 1.54) is 29.1 Å². The van der Waals surface area contributed by atoms with Crippen molar-refractivity contribution < 1.29 is 4.74 Å². The Hall–Kier alpha value is -0.510. The molecular formula is C21H35IN4OS. The Kier molecular flexibility index (Phi) is 9.86. The van der Waals surface area contributed by atoms with Gasteiger partial charge in [-0.25, -0.2) is 0 Å². The van der Waals surface area contributed by atoms with E-state index in [-0.39, 0.29) is 29.5 Å². The Morgan fingerprint density at radius 3 is 2.75 bits per heavy atom. The molecule has 0 aromatic heterocycles. The Morgan fingerprint density at radius 1 is 1.32 bits per heavy atom. The zero-order valence-electron chi connectivity index (χ0n) is 17.4. The summed E-state index contributed by atoms with van der Waals surface area (Å²) in [6, 6.07) is 8.76. The first-order chi connectivity index (χ1) is 13.1. The summed E-state index contributed by atoms with van der Waals surface area (Å²) >= 11 is 2.07. The van der Waals surface area contributed by atoms with Crippen LogP contribution >= 0.6 is 35.7 Å². The highest BCUT2D eigenvalue weighted by atomic mass is 127. The van der Waals surface area contributed by atoms with Crippen molar-refractivity contribution in [1.82, 2.24) is 15.5 Å². The minimum Gasteiger partial charge on any atom is -0.379 e. The first-order valence-corrected chi connectivity index (χ1v) is 11.2. The second-order valence-electron chi connectivity index (χ2n) is 7.75. The predicted octanol–water partition coefficient (Wildman–Crippen LogP) is 3.09. The highest BCUT2D eigenvalue weighted by Crippen LogP contribution is 2.33. The summed E-state index contributed by atoms with van der Waals surface area (Å²) in [5.41, 5.74) is 2.91. The van der Waals surface area contributed by atoms with Crippen LogP contribution in [-0.4, -0.2) is 74.3 Å². The second kappa shape index (κ2) is 11.6. The molecule has 0 radical (unpaired) electrons. The summed E-state index contributed by atoms with van der Waals surface area (Å²) < 4.78 is 5.56. The average molecular weight is 519 g/mol. The van der Waals surface area contributed by atoms with E-state index >= 15 is 0 Å². The lowest BCUT2D eigenvalue weighted by molar-refractivity contribution is -0.0120. The zero-order valence-corrected chi connectivity index (χ0v) is 20.5. The van der Waals surface area contributed by atoms with Crippen LogP contribution in [0, 0.1) is 6.92 Å². The van der Waals surface area contributed by atoms with Crippen LogP contribution in [0.4, 0.5) is 0 Å². The molecule has 0 spiro atoms. The zero-order chi connectivity index (χ0) is 19.1. The van der Waals surface area contributed by atoms with Gasteiger partial charge in [0.05, 0.1) is 13.2 Å². The highest BCUT2D eigenvalue weighted by Gasteiger charge is 2.40. The number of aliphatic imine (C=N–C) groups is 1. The third kappa shape index (κ3) is 6.24. The minimum absolute atomic E-state index is 0. The first kappa shape index (κ1) is 23.8. The lowest BCUT2D eigenvalue weighted by atomic mass is 9.95. The molecule has 0 saturated carbocycles. The summed E-state index contributed by atoms with van der Waals surface area (Å²) in [6.45, 7) is 10.0. The molecular weight excluding hydrogens is 483 g/mol. The maximum Gasteiger partial charge on any atom is 0.191 e. The van der Waals surface area contributed by atoms with Gasteiger partial charge in [-0.05, 0) is 30.6 Å². The maximum atomic E-state index is 5.56. The fourth-order valence-electron chi connectivity index (χ4n) is 3.95. The van der Waals surface area contributed by atoms with Gasteiger partial charge in [0, 0.05) is 44.5 Å². The largest absolute Gasteiger partial charge is 0.379 e. The van der Waals surface area contributed by atoms with Crippen LogP contribution in [0.2, 0.25) is 0 Å². The quantitative estimate of drug-likeness (QED) is 0.345. The number of guanidine groups is 1. The molecule has 3 rings (SSSR count). The number of rotatable bonds is 6. The number of morpholine rings is 1. The standard InChI is InChI=1S/C21H34N4OS.HI/c1-17-5-4-6-19(13-17)18(2)14-23-20(22-3)24-15-21(7-12-27-16-21)25-8-10-26-11-9-25;/h4-6,13,18H,7-12,14-16H2,1-3H3,(H2,22,23,24);1H. The Balaban J connectivity index is 0.00000280. The fraction of sp³-hybridized carbons (Fsp3) is 0.667. The lowest BCUT2D eigenvalue weighted by Crippen LogP contribution is -2.60. The molecule has 2 N–H and O–H groups in total. The van der Waals surface area contributed by atoms with Crippen LogP contribution < -0.4 is 10.6 Å². The van der Waals surface area contributed by atoms with Gasteiger partial charge in [0.1, 0.15) is 0 Å². The molecule has 2 saturated heterocycles. The van der Waals surface area contributed by atoms with E-state index in [0.717, 1.165) is 45.4 Å². The summed E-state index contributed by atoms with van der Waals surface area (Å²) in [5, 5.41) is 7.13. The summed E-state index contributed by atoms with van der Waals surface area (Å²) in [7, 11) is 1.86. The van der Waals surface area contributed by atoms with E-state index in [2.05, 4.69) is 70.4 Å². The van der Waals surface area contributed by atoms with Crippen LogP contribution in [0.5, 0.6) is 0 Å². The van der Waals surface area contributed by atoms with E-state index in [4.69, 9.17) is 4.74 Å². The molecule has 1 aromatic rings. The maximum absolute atomic E-state index is 5.56. The van der Waals surface area contributed by atoms with Gasteiger partial charge in [-0.1, -0.05) is 36.8 Å². The van der Waals surface area contributed by atoms with E-state index in [0.29, 0.717) is 5.92 Å². The summed E-state index contributed by atoms with van der Waals surface area (Å²) in [6.07, 6.45) is 1.24. The highest BCUT2D eigenvalue weighted by molar-refractivity contribution is 14.0. The van der Waals surface area contributed by atoms with Crippen molar-refractivity contribution in [1.29, 1.82) is 0 Å². The molecule has 5 nitrogen and oxygen atoms in total. The van der Waals surface area contributed by atoms with Crippen LogP contribution in [0.1, 0.15) is 30.4 Å². The van der Waals surface area contributed by atoms with Gasteiger partial charge < -0.3 is 15.4 Å². The van der Waals surface area contributed by atoms with E-state index < -0.39 is 0 Å². The molecule has 0 amide bonds. The molecule has 28 heavy (non-hydrogen) atoms. The smallest absolute Gasteiger partial charge is 0.191 e. The molecule has 7 heteroatoms. The number of ether oxygens (including phenoxy) is 1. The second-order valence-corrected chi connectivity index (χ2v) is 8.85. The van der Waals surface area contributed by atoms with Crippen molar-refractivity contribution >= 4 is 41.7 Å². The van der Waals surface area contributed by atoms with Crippen LogP contribution in [-0.2, 0) is 4.74 Å². The van der Waals surface area contributed by atoms with Gasteiger partial charge in [-0.3, -0.25) is 9.89 Å². The predicted molar refractivity (Wildman–Crippen MR) is 131 cm³/mol. The number of benzene rings is 1. The van der Waals surface area contributed by atoms with Crippen molar-refractivity contribution in [2.75, 3.05) is 57.9 Å². The van der Waals surface area contributed by atoms with Gasteiger partial charge in [-0.2, -0.15) is 11.8 Å². The number of aryl methyl sites for hydroxylation is 1. The molecule has 2 unspecified atom stereocenters. The minimum atomic E-state index is 0. The van der Waals surface area contributed by atoms with Crippen molar-refractivity contribution in [3.63, 3.8) is 0 Å². The van der Waals surface area contributed by atoms with Gasteiger partial charge in [0.2, 0.25) is 0 Å². The molecule has 2 heterocycles. The molecule has 1 aromatic carbocycles. The normalized spacial score (nSPS) is 24.5. The molecule has 2 aliphatic heterocycles. The molecule has 158 valence electrons. The number of nitrogens with one attached hydrogen (secondary N) is 2. The number of halogens is 1. The SMILES string of the molecule is CN=C(NCC(C)c1cccc(C)c1)NCC1(N2CCOCC2)CCSC1.I. The van der Waals surface area contributed by atoms with Crippen LogP contribution in [0.25, 0.3) is 0 Å². The molecule has 0 bridgehead atoms. The average Bonchev–Trinajstić information content (AvgIpc) is 3.19. The number of hydrogen-bond donors (Lipinski definition) is 2. The Bertz CT molecular complexity index is 631. The number of nitrogens with zero attached hydrogens (tertiary/aromatic N) is 2. The summed E-state index contributed by atoms with van der Waals surface area (Å²) in [5.74, 6) is 3.78. The van der Waals surface area contributed by atoms with Crippen LogP contribution in [0.3, 0.4) is 0 Å². The van der Waals surface area contributed by atoms with Crippen molar-refractivity contribution in [3.8, 4) is 0 Å². The number of thioether (sulfide) groups is 1. The van der Waals surface area contributed by atoms with Gasteiger partial charge >= 0.3 is 0 Å². The van der Waals surface area contributed by atoms with Crippen molar-refractivity contribution in [2.24, 2.45) is 4.99 Å². The monoisotopic (exact) mass is 518 g/mol. The van der Waals surface area contributed by atoms with E-state index in [1.54, 1.807) is 0 Å². The summed E-state index contributed by atoms with van der Waals surface area (Å²) in [4.78, 5) is 7.08. The van der Waals surface area contributed by atoms with Crippen LogP contribution in [0.15, 0.2) is 29.3 Å². The van der Waals surface area contributed by atoms with E-state index in [1.807, 2.05) is 7.05 Å². The van der Waals surface area contributed by atoms with Crippen molar-refractivity contribution in [3.05, 3.63) is 35.4 Å². The molecule has 2 fully saturated rings. The molecule has 0 aliphatic carbocycles. The van der Waals surface area contributed by atoms with Gasteiger partial charge in [-0.15, -0.1) is 24.0 Å². The Labute approximate surface area is 191 Å². The third-order valence-corrected chi connectivity index (χ3v) is 6.99. The Morgan fingerprint density at radius 2 is 2.11 bits per heavy atom. The number of hydrogen-bond acceptors (Lipinski definition) is 4. The lowest BCUT2D eigenvalue weighted by Gasteiger charge is -2.43. The third-order valence-electron chi connectivity index (χ3n) is 5.76.